The third kappa shape index (κ3) is 5.31. The van der Waals surface area contributed by atoms with Crippen molar-refractivity contribution in [3.63, 3.8) is 0 Å². The van der Waals surface area contributed by atoms with Gasteiger partial charge in [-0.2, -0.15) is 4.73 Å². The van der Waals surface area contributed by atoms with Crippen LogP contribution in [0.3, 0.4) is 0 Å². The molecule has 33 heavy (non-hydrogen) atoms. The molecule has 0 saturated heterocycles. The average molecular weight is 490 g/mol. The summed E-state index contributed by atoms with van der Waals surface area (Å²) in [7, 11) is -4.17. The third-order valence-electron chi connectivity index (χ3n) is 5.10. The summed E-state index contributed by atoms with van der Waals surface area (Å²) in [4.78, 5) is 15.1. The molecule has 1 aromatic carbocycles. The van der Waals surface area contributed by atoms with E-state index in [1.807, 2.05) is 16.7 Å². The fourth-order valence-electron chi connectivity index (χ4n) is 3.60. The second-order valence-corrected chi connectivity index (χ2v) is 10.4. The lowest BCUT2D eigenvalue weighted by Gasteiger charge is -2.11. The molecular weight excluding hydrogens is 465 g/mol. The van der Waals surface area contributed by atoms with Crippen LogP contribution < -0.4 is 10.2 Å². The minimum Gasteiger partial charge on any atom is -0.619 e. The topological polar surface area (TPSA) is 104 Å². The monoisotopic (exact) mass is 489 g/mol. The molecule has 0 aliphatic carbocycles. The predicted molar refractivity (Wildman–Crippen MR) is 126 cm³/mol. The molecule has 4 aromatic rings. The number of hydrogen-bond donors (Lipinski definition) is 1. The summed E-state index contributed by atoms with van der Waals surface area (Å²) in [6.45, 7) is 4.86. The zero-order chi connectivity index (χ0) is 23.6. The Balaban J connectivity index is 1.51. The number of pyridine rings is 1. The number of aryl methyl sites for hydroxylation is 1. The van der Waals surface area contributed by atoms with Crippen molar-refractivity contribution in [3.05, 3.63) is 70.7 Å². The van der Waals surface area contributed by atoms with E-state index in [0.717, 1.165) is 15.8 Å². The van der Waals surface area contributed by atoms with Crippen molar-refractivity contribution in [2.45, 2.75) is 33.2 Å². The molecule has 1 unspecified atom stereocenters. The molecule has 1 N–H and O–H groups in total. The Morgan fingerprint density at radius 1 is 1.27 bits per heavy atom. The number of benzene rings is 1. The zero-order valence-corrected chi connectivity index (χ0v) is 20.0. The fraction of sp³-hybridized carbons (Fsp3) is 0.304. The van der Waals surface area contributed by atoms with Gasteiger partial charge in [0, 0.05) is 30.1 Å². The normalized spacial score (nSPS) is 13.6. The van der Waals surface area contributed by atoms with Crippen LogP contribution in [0.25, 0.3) is 22.6 Å². The maximum Gasteiger partial charge on any atom is 0.393 e. The molecule has 0 fully saturated rings. The number of imidazole rings is 1. The Bertz CT molecular complexity index is 1320. The van der Waals surface area contributed by atoms with E-state index in [2.05, 4.69) is 18.8 Å². The van der Waals surface area contributed by atoms with Gasteiger partial charge in [0.25, 0.3) is 0 Å². The van der Waals surface area contributed by atoms with E-state index in [9.17, 15) is 14.7 Å². The summed E-state index contributed by atoms with van der Waals surface area (Å²) in [6, 6.07) is 13.6. The van der Waals surface area contributed by atoms with Gasteiger partial charge in [-0.25, -0.2) is 4.98 Å². The van der Waals surface area contributed by atoms with Crippen LogP contribution in [0.4, 0.5) is 0 Å². The van der Waals surface area contributed by atoms with E-state index >= 15 is 0 Å². The van der Waals surface area contributed by atoms with Crippen LogP contribution in [0.1, 0.15) is 26.0 Å². The first kappa shape index (κ1) is 23.5. The van der Waals surface area contributed by atoms with Gasteiger partial charge < -0.3 is 23.6 Å². The van der Waals surface area contributed by atoms with E-state index in [-0.39, 0.29) is 12.1 Å². The summed E-state index contributed by atoms with van der Waals surface area (Å²) in [5.74, 6) is 1.25. The minimum atomic E-state index is -4.17. The van der Waals surface area contributed by atoms with E-state index < -0.39 is 7.60 Å². The van der Waals surface area contributed by atoms with Gasteiger partial charge in [0.05, 0.1) is 17.6 Å². The predicted octanol–water partition coefficient (Wildman–Crippen LogP) is 4.70. The van der Waals surface area contributed by atoms with E-state index in [1.54, 1.807) is 30.3 Å². The summed E-state index contributed by atoms with van der Waals surface area (Å²) in [5.41, 5.74) is 2.03. The quantitative estimate of drug-likeness (QED) is 0.158. The standard InChI is InChI=1S/C23H25ClN3O5P/c1-16(2)15-26-20-14-17(24)8-9-19(20)25-23(26)21-10-11-22(32-21)33(29,30)31-13-5-7-18-6-3-4-12-27(18)28/h3-4,6,8-12,14,16H,5,7,13,15H2,1-2H3,(H,29,30). The molecule has 0 spiro atoms. The van der Waals surface area contributed by atoms with Crippen LogP contribution in [0, 0.1) is 11.1 Å². The van der Waals surface area contributed by atoms with Crippen molar-refractivity contribution in [2.24, 2.45) is 5.92 Å². The molecule has 1 atom stereocenters. The second kappa shape index (κ2) is 9.69. The fourth-order valence-corrected chi connectivity index (χ4v) is 4.74. The zero-order valence-electron chi connectivity index (χ0n) is 18.3. The number of nitrogens with zero attached hydrogens (tertiary/aromatic N) is 3. The summed E-state index contributed by atoms with van der Waals surface area (Å²) >= 11 is 6.18. The highest BCUT2D eigenvalue weighted by molar-refractivity contribution is 7.60. The Labute approximate surface area is 196 Å². The number of hydrogen-bond acceptors (Lipinski definition) is 5. The van der Waals surface area contributed by atoms with Crippen molar-refractivity contribution in [1.82, 2.24) is 9.55 Å². The molecule has 8 nitrogen and oxygen atoms in total. The molecule has 0 amide bonds. The van der Waals surface area contributed by atoms with Crippen LogP contribution in [-0.2, 0) is 22.1 Å². The van der Waals surface area contributed by atoms with Gasteiger partial charge in [-0.3, -0.25) is 4.57 Å². The van der Waals surface area contributed by atoms with E-state index in [4.69, 9.17) is 20.5 Å². The molecule has 0 bridgehead atoms. The van der Waals surface area contributed by atoms with E-state index in [1.165, 1.54) is 12.3 Å². The highest BCUT2D eigenvalue weighted by Gasteiger charge is 2.28. The Hall–Kier alpha value is -2.64. The van der Waals surface area contributed by atoms with Crippen molar-refractivity contribution < 1.29 is 23.1 Å². The lowest BCUT2D eigenvalue weighted by Crippen LogP contribution is -2.30. The van der Waals surface area contributed by atoms with Crippen molar-refractivity contribution >= 4 is 35.7 Å². The lowest BCUT2D eigenvalue weighted by atomic mass is 10.2. The molecule has 3 heterocycles. The van der Waals surface area contributed by atoms with Gasteiger partial charge in [-0.1, -0.05) is 31.5 Å². The van der Waals surface area contributed by atoms with Crippen LogP contribution in [0.15, 0.2) is 59.1 Å². The maximum absolute atomic E-state index is 12.7. The smallest absolute Gasteiger partial charge is 0.393 e. The molecule has 0 saturated carbocycles. The van der Waals surface area contributed by atoms with Gasteiger partial charge in [-0.15, -0.1) is 0 Å². The van der Waals surface area contributed by atoms with Gasteiger partial charge in [0.15, 0.2) is 23.5 Å². The SMILES string of the molecule is CC(C)Cn1c(-c2ccc(P(=O)(O)OCCCc3cccc[n+]3[O-])o2)nc2ccc(Cl)cc21. The number of halogens is 1. The second-order valence-electron chi connectivity index (χ2n) is 8.19. The van der Waals surface area contributed by atoms with Crippen LogP contribution in [0.2, 0.25) is 5.02 Å². The molecule has 0 aliphatic rings. The van der Waals surface area contributed by atoms with Gasteiger partial charge in [0.1, 0.15) is 0 Å². The van der Waals surface area contributed by atoms with Crippen molar-refractivity contribution in [2.75, 3.05) is 6.61 Å². The molecule has 3 aromatic heterocycles. The number of furan rings is 1. The number of rotatable bonds is 9. The molecular formula is C23H25ClN3O5P. The largest absolute Gasteiger partial charge is 0.619 e. The van der Waals surface area contributed by atoms with E-state index in [0.29, 0.717) is 47.6 Å². The number of aromatic nitrogens is 3. The molecule has 174 valence electrons. The van der Waals surface area contributed by atoms with Gasteiger partial charge in [0.2, 0.25) is 5.50 Å². The minimum absolute atomic E-state index is 0.00304. The molecule has 4 rings (SSSR count). The van der Waals surface area contributed by atoms with Crippen LogP contribution in [-0.4, -0.2) is 21.1 Å². The van der Waals surface area contributed by atoms with Crippen molar-refractivity contribution in [1.29, 1.82) is 0 Å². The summed E-state index contributed by atoms with van der Waals surface area (Å²) in [5, 5.41) is 12.3. The first-order chi connectivity index (χ1) is 15.7. The summed E-state index contributed by atoms with van der Waals surface area (Å²) < 4.78 is 26.5. The highest BCUT2D eigenvalue weighted by Crippen LogP contribution is 2.42. The van der Waals surface area contributed by atoms with Crippen LogP contribution >= 0.6 is 19.2 Å². The Morgan fingerprint density at radius 2 is 2.09 bits per heavy atom. The Morgan fingerprint density at radius 3 is 2.85 bits per heavy atom. The van der Waals surface area contributed by atoms with Gasteiger partial charge in [-0.05, 0) is 42.7 Å². The molecule has 0 radical (unpaired) electrons. The first-order valence-electron chi connectivity index (χ1n) is 10.7. The lowest BCUT2D eigenvalue weighted by molar-refractivity contribution is -0.614. The first-order valence-corrected chi connectivity index (χ1v) is 12.6. The number of fused-ring (bicyclic) bond motifs is 1. The average Bonchev–Trinajstić information content (AvgIpc) is 3.38. The van der Waals surface area contributed by atoms with Gasteiger partial charge >= 0.3 is 7.60 Å². The Kier molecular flexibility index (Phi) is 6.91. The highest BCUT2D eigenvalue weighted by atomic mass is 35.5. The van der Waals surface area contributed by atoms with Crippen molar-refractivity contribution in [3.8, 4) is 11.6 Å². The third-order valence-corrected chi connectivity index (χ3v) is 6.66. The maximum atomic E-state index is 12.7. The van der Waals surface area contributed by atoms with Crippen LogP contribution in [0.5, 0.6) is 0 Å². The molecule has 0 aliphatic heterocycles. The molecule has 10 heteroatoms. The summed E-state index contributed by atoms with van der Waals surface area (Å²) in [6.07, 6.45) is 2.25.